The second-order valence-electron chi connectivity index (χ2n) is 13.8. The summed E-state index contributed by atoms with van der Waals surface area (Å²) in [7, 11) is -3.83. The van der Waals surface area contributed by atoms with Gasteiger partial charge in [0.1, 0.15) is 12.6 Å². The van der Waals surface area contributed by atoms with Gasteiger partial charge in [0.05, 0.1) is 11.9 Å². The van der Waals surface area contributed by atoms with Crippen LogP contribution in [0.15, 0.2) is 78.9 Å². The lowest BCUT2D eigenvalue weighted by Gasteiger charge is -2.57. The summed E-state index contributed by atoms with van der Waals surface area (Å²) in [6.45, 7) is 1.93. The fourth-order valence-corrected chi connectivity index (χ4v) is 9.67. The van der Waals surface area contributed by atoms with Gasteiger partial charge in [-0.2, -0.15) is 0 Å². The molecule has 0 heterocycles. The van der Waals surface area contributed by atoms with Crippen molar-refractivity contribution in [2.75, 3.05) is 23.7 Å². The Kier molecular flexibility index (Phi) is 9.49. The van der Waals surface area contributed by atoms with E-state index in [0.717, 1.165) is 35.1 Å². The summed E-state index contributed by atoms with van der Waals surface area (Å²) in [5.41, 5.74) is 3.61. The molecule has 0 spiro atoms. The van der Waals surface area contributed by atoms with Crippen LogP contribution >= 0.6 is 11.6 Å². The van der Waals surface area contributed by atoms with Gasteiger partial charge in [-0.1, -0.05) is 66.2 Å². The highest BCUT2D eigenvalue weighted by Crippen LogP contribution is 2.60. The van der Waals surface area contributed by atoms with Crippen molar-refractivity contribution < 1.29 is 18.0 Å². The number of anilines is 1. The van der Waals surface area contributed by atoms with Crippen LogP contribution in [-0.2, 0) is 38.0 Å². The van der Waals surface area contributed by atoms with Gasteiger partial charge >= 0.3 is 0 Å². The minimum absolute atomic E-state index is 0.118. The van der Waals surface area contributed by atoms with Crippen molar-refractivity contribution in [1.82, 2.24) is 10.2 Å². The van der Waals surface area contributed by atoms with Crippen LogP contribution in [-0.4, -0.2) is 50.5 Å². The molecule has 0 saturated heterocycles. The molecule has 244 valence electrons. The van der Waals surface area contributed by atoms with Crippen molar-refractivity contribution in [3.63, 3.8) is 0 Å². The molecule has 3 aromatic rings. The average Bonchev–Trinajstić information content (AvgIpc) is 3.02. The lowest BCUT2D eigenvalue weighted by atomic mass is 9.48. The van der Waals surface area contributed by atoms with Crippen molar-refractivity contribution in [1.29, 1.82) is 0 Å². The molecule has 4 aliphatic rings. The Bertz CT molecular complexity index is 1610. The van der Waals surface area contributed by atoms with Gasteiger partial charge in [-0.25, -0.2) is 8.42 Å². The van der Waals surface area contributed by atoms with E-state index in [1.165, 1.54) is 53.3 Å². The molecule has 0 radical (unpaired) electrons. The number of halogens is 1. The predicted molar refractivity (Wildman–Crippen MR) is 183 cm³/mol. The lowest BCUT2D eigenvalue weighted by Crippen LogP contribution is -2.53. The number of nitrogens with one attached hydrogen (secondary N) is 1. The number of likely N-dealkylation sites (N-methyl/N-ethyl adjacent to an activating group) is 1. The highest BCUT2D eigenvalue weighted by Gasteiger charge is 2.51. The summed E-state index contributed by atoms with van der Waals surface area (Å²) in [4.78, 5) is 29.3. The zero-order valence-corrected chi connectivity index (χ0v) is 28.3. The van der Waals surface area contributed by atoms with Gasteiger partial charge in [-0.3, -0.25) is 13.9 Å². The topological polar surface area (TPSA) is 86.8 Å². The van der Waals surface area contributed by atoms with E-state index in [1.807, 2.05) is 61.5 Å². The monoisotopic (exact) mass is 661 g/mol. The molecule has 3 aromatic carbocycles. The molecule has 4 saturated carbocycles. The maximum absolute atomic E-state index is 14.3. The van der Waals surface area contributed by atoms with Crippen LogP contribution < -0.4 is 9.62 Å². The van der Waals surface area contributed by atoms with Gasteiger partial charge in [0, 0.05) is 24.5 Å². The highest BCUT2D eigenvalue weighted by atomic mass is 35.5. The van der Waals surface area contributed by atoms with E-state index in [0.29, 0.717) is 17.3 Å². The Balaban J connectivity index is 1.29. The van der Waals surface area contributed by atoms with Crippen LogP contribution in [0.2, 0.25) is 5.02 Å². The normalized spacial score (nSPS) is 23.9. The Morgan fingerprint density at radius 2 is 1.46 bits per heavy atom. The first kappa shape index (κ1) is 32.6. The molecule has 7 rings (SSSR count). The zero-order valence-electron chi connectivity index (χ0n) is 26.7. The number of carbonyl (C=O) groups excluding carboxylic acids is 2. The fourth-order valence-electron chi connectivity index (χ4n) is 8.69. The highest BCUT2D eigenvalue weighted by molar-refractivity contribution is 7.92. The number of sulfonamides is 1. The van der Waals surface area contributed by atoms with Gasteiger partial charge in [0.15, 0.2) is 0 Å². The van der Waals surface area contributed by atoms with Crippen LogP contribution in [0.25, 0.3) is 0 Å². The maximum atomic E-state index is 14.3. The molecule has 7 nitrogen and oxygen atoms in total. The predicted octanol–water partition coefficient (Wildman–Crippen LogP) is 6.35. The number of hydrogen-bond donors (Lipinski definition) is 1. The second kappa shape index (κ2) is 13.4. The Hall–Kier alpha value is -3.36. The Morgan fingerprint density at radius 3 is 2.00 bits per heavy atom. The summed E-state index contributed by atoms with van der Waals surface area (Å²) in [6, 6.07) is 23.7. The molecule has 9 heteroatoms. The number of carbonyl (C=O) groups is 2. The molecule has 0 aliphatic heterocycles. The van der Waals surface area contributed by atoms with Gasteiger partial charge in [0.2, 0.25) is 21.8 Å². The van der Waals surface area contributed by atoms with Gasteiger partial charge in [-0.15, -0.1) is 0 Å². The Labute approximate surface area is 278 Å². The van der Waals surface area contributed by atoms with Crippen LogP contribution in [0.5, 0.6) is 0 Å². The van der Waals surface area contributed by atoms with Crippen LogP contribution in [0, 0.1) is 17.8 Å². The number of rotatable bonds is 12. The van der Waals surface area contributed by atoms with Gasteiger partial charge in [-0.05, 0) is 110 Å². The molecular weight excluding hydrogens is 618 g/mol. The number of hydrogen-bond acceptors (Lipinski definition) is 4. The van der Waals surface area contributed by atoms with Gasteiger partial charge < -0.3 is 10.2 Å². The molecule has 46 heavy (non-hydrogen) atoms. The molecule has 2 amide bonds. The van der Waals surface area contributed by atoms with Crippen molar-refractivity contribution in [3.8, 4) is 0 Å². The third kappa shape index (κ3) is 7.13. The molecular formula is C37H44ClN3O4S. The first-order valence-corrected chi connectivity index (χ1v) is 18.7. The third-order valence-corrected chi connectivity index (χ3v) is 11.8. The number of benzene rings is 3. The van der Waals surface area contributed by atoms with Crippen LogP contribution in [0.3, 0.4) is 0 Å². The summed E-state index contributed by atoms with van der Waals surface area (Å²) in [5, 5.41) is 3.45. The summed E-state index contributed by atoms with van der Waals surface area (Å²) < 4.78 is 27.7. The molecule has 4 aliphatic carbocycles. The van der Waals surface area contributed by atoms with E-state index in [9.17, 15) is 18.0 Å². The van der Waals surface area contributed by atoms with Crippen LogP contribution in [0.4, 0.5) is 5.69 Å². The van der Waals surface area contributed by atoms with Crippen molar-refractivity contribution in [3.05, 3.63) is 101 Å². The van der Waals surface area contributed by atoms with Crippen LogP contribution in [0.1, 0.15) is 62.1 Å². The summed E-state index contributed by atoms with van der Waals surface area (Å²) in [6.07, 6.45) is 9.13. The van der Waals surface area contributed by atoms with E-state index in [2.05, 4.69) is 17.4 Å². The van der Waals surface area contributed by atoms with Crippen molar-refractivity contribution >= 4 is 39.1 Å². The number of nitrogens with zero attached hydrogens (tertiary/aromatic N) is 2. The third-order valence-electron chi connectivity index (χ3n) is 10.4. The largest absolute Gasteiger partial charge is 0.355 e. The Morgan fingerprint density at radius 1 is 0.870 bits per heavy atom. The van der Waals surface area contributed by atoms with Crippen molar-refractivity contribution in [2.24, 2.45) is 17.8 Å². The molecule has 4 bridgehead atoms. The standard InChI is InChI=1S/C37H44ClN3O4S/c1-3-39-36(43)34(20-26-7-5-4-6-8-26)40(24-27-9-13-32(38)14-10-27)35(42)25-41(46(2,44)45)33-15-11-31(12-16-33)37-21-28-17-29(22-37)19-30(18-28)23-37/h4-16,28-30,34H,3,17-25H2,1-2H3,(H,39,43)/t28?,29?,30?,34-,37?/m1/s1. The molecule has 0 aromatic heterocycles. The van der Waals surface area contributed by atoms with Crippen molar-refractivity contribution in [2.45, 2.75) is 69.9 Å². The first-order valence-electron chi connectivity index (χ1n) is 16.5. The van der Waals surface area contributed by atoms with E-state index in [4.69, 9.17) is 11.6 Å². The molecule has 1 N–H and O–H groups in total. The van der Waals surface area contributed by atoms with E-state index >= 15 is 0 Å². The SMILES string of the molecule is CCNC(=O)[C@@H](Cc1ccccc1)N(Cc1ccc(Cl)cc1)C(=O)CN(c1ccc(C23CC4CC(CC(C4)C2)C3)cc1)S(C)(=O)=O. The minimum atomic E-state index is -3.83. The number of amides is 2. The smallest absolute Gasteiger partial charge is 0.244 e. The average molecular weight is 662 g/mol. The summed E-state index contributed by atoms with van der Waals surface area (Å²) in [5.74, 6) is 1.65. The second-order valence-corrected chi connectivity index (χ2v) is 16.1. The zero-order chi connectivity index (χ0) is 32.5. The lowest BCUT2D eigenvalue weighted by molar-refractivity contribution is -0.140. The van der Waals surface area contributed by atoms with E-state index < -0.39 is 28.5 Å². The molecule has 0 unspecified atom stereocenters. The first-order chi connectivity index (χ1) is 22.0. The fraction of sp³-hybridized carbons (Fsp3) is 0.459. The molecule has 4 fully saturated rings. The molecule has 1 atom stereocenters. The maximum Gasteiger partial charge on any atom is 0.244 e. The minimum Gasteiger partial charge on any atom is -0.355 e. The van der Waals surface area contributed by atoms with E-state index in [1.54, 1.807) is 12.1 Å². The quantitative estimate of drug-likeness (QED) is 0.245. The van der Waals surface area contributed by atoms with Gasteiger partial charge in [0.25, 0.3) is 0 Å². The van der Waals surface area contributed by atoms with E-state index in [-0.39, 0.29) is 24.3 Å². The summed E-state index contributed by atoms with van der Waals surface area (Å²) >= 11 is 6.14.